The van der Waals surface area contributed by atoms with Gasteiger partial charge in [0.05, 0.1) is 11.6 Å². The number of imide groups is 1. The van der Waals surface area contributed by atoms with Gasteiger partial charge >= 0.3 is 20.5 Å². The Morgan fingerprint density at radius 2 is 1.97 bits per heavy atom. The van der Waals surface area contributed by atoms with Crippen LogP contribution in [0.3, 0.4) is 0 Å². The number of nitrogens with zero attached hydrogens (tertiary/aromatic N) is 1. The van der Waals surface area contributed by atoms with Gasteiger partial charge in [0.25, 0.3) is 0 Å². The highest BCUT2D eigenvalue weighted by molar-refractivity contribution is 7.45. The highest BCUT2D eigenvalue weighted by atomic mass is 31.2. The summed E-state index contributed by atoms with van der Waals surface area (Å²) in [5, 5.41) is 7.06. The van der Waals surface area contributed by atoms with Crippen LogP contribution in [0.5, 0.6) is 5.75 Å². The number of para-hydroxylation sites is 1. The maximum Gasteiger partial charge on any atom is 0.329 e. The summed E-state index contributed by atoms with van der Waals surface area (Å²) in [4.78, 5) is 40.3. The third kappa shape index (κ3) is 6.93. The average Bonchev–Trinajstić information content (AvgIpc) is 3.45. The lowest BCUT2D eigenvalue weighted by Gasteiger charge is -2.27. The number of carbonyl (C=O) groups excluding carboxylic acids is 3. The second kappa shape index (κ2) is 13.0. The lowest BCUT2D eigenvalue weighted by Crippen LogP contribution is -2.44. The number of aromatic amines is 1. The van der Waals surface area contributed by atoms with Gasteiger partial charge in [-0.2, -0.15) is 0 Å². The molecule has 3 N–H and O–H groups in total. The Balaban J connectivity index is 1.56. The predicted octanol–water partition coefficient (Wildman–Crippen LogP) is 4.89. The molecular formula is C27H33N4O7P. The van der Waals surface area contributed by atoms with Gasteiger partial charge in [-0.1, -0.05) is 37.3 Å². The first-order valence-electron chi connectivity index (χ1n) is 12.7. The summed E-state index contributed by atoms with van der Waals surface area (Å²) >= 11 is 0. The van der Waals surface area contributed by atoms with Crippen LogP contribution in [0, 0.1) is 5.92 Å². The topological polar surface area (TPSA) is 131 Å². The molecule has 12 heteroatoms. The molecule has 2 aromatic carbocycles. The molecule has 1 aliphatic rings. The third-order valence-electron chi connectivity index (χ3n) is 5.95. The lowest BCUT2D eigenvalue weighted by atomic mass is 10.1. The van der Waals surface area contributed by atoms with Crippen LogP contribution >= 0.6 is 8.53 Å². The Morgan fingerprint density at radius 3 is 2.72 bits per heavy atom. The normalized spacial score (nSPS) is 20.0. The van der Waals surface area contributed by atoms with Crippen molar-refractivity contribution in [2.24, 2.45) is 5.92 Å². The number of carbonyl (C=O) groups is 3. The van der Waals surface area contributed by atoms with Crippen LogP contribution < -0.4 is 14.9 Å². The van der Waals surface area contributed by atoms with E-state index in [4.69, 9.17) is 18.5 Å². The molecule has 0 spiro atoms. The Morgan fingerprint density at radius 1 is 1.21 bits per heavy atom. The smallest absolute Gasteiger partial charge is 0.329 e. The minimum absolute atomic E-state index is 0.122. The van der Waals surface area contributed by atoms with Crippen molar-refractivity contribution in [1.82, 2.24) is 20.3 Å². The zero-order valence-electron chi connectivity index (χ0n) is 22.2. The molecule has 0 saturated carbocycles. The Bertz CT molecular complexity index is 1340. The fourth-order valence-electron chi connectivity index (χ4n) is 4.39. The summed E-state index contributed by atoms with van der Waals surface area (Å²) in [6.07, 6.45) is 2.31. The molecule has 1 saturated heterocycles. The quantitative estimate of drug-likeness (QED) is 0.173. The second-order valence-electron chi connectivity index (χ2n) is 9.30. The molecule has 0 bridgehead atoms. The van der Waals surface area contributed by atoms with Gasteiger partial charge in [-0.15, -0.1) is 0 Å². The fourth-order valence-corrected chi connectivity index (χ4v) is 5.51. The number of rotatable bonds is 11. The maximum atomic E-state index is 12.4. The fraction of sp³-hybridized carbons (Fsp3) is 0.370. The summed E-state index contributed by atoms with van der Waals surface area (Å²) in [6.45, 7) is 7.09. The number of aromatic nitrogens is 1. The minimum atomic E-state index is -1.89. The van der Waals surface area contributed by atoms with Crippen molar-refractivity contribution >= 4 is 48.7 Å². The van der Waals surface area contributed by atoms with Gasteiger partial charge in [0.2, 0.25) is 6.41 Å². The third-order valence-corrected chi connectivity index (χ3v) is 7.15. The van der Waals surface area contributed by atoms with Crippen molar-refractivity contribution in [3.05, 3.63) is 54.7 Å². The number of ether oxygens (including phenoxy) is 2. The Labute approximate surface area is 227 Å². The molecule has 0 radical (unpaired) electrons. The van der Waals surface area contributed by atoms with Crippen molar-refractivity contribution in [3.63, 3.8) is 0 Å². The van der Waals surface area contributed by atoms with Crippen LogP contribution in [0.1, 0.15) is 34.1 Å². The van der Waals surface area contributed by atoms with Crippen molar-refractivity contribution in [1.29, 1.82) is 0 Å². The zero-order chi connectivity index (χ0) is 27.9. The van der Waals surface area contributed by atoms with Gasteiger partial charge in [0.1, 0.15) is 18.5 Å². The van der Waals surface area contributed by atoms with Crippen molar-refractivity contribution in [2.45, 2.75) is 52.7 Å². The molecule has 4 atom stereocenters. The van der Waals surface area contributed by atoms with E-state index >= 15 is 0 Å². The number of hydrogen-bond donors (Lipinski definition) is 3. The van der Waals surface area contributed by atoms with Gasteiger partial charge in [-0.3, -0.25) is 24.3 Å². The summed E-state index contributed by atoms with van der Waals surface area (Å²) < 4.78 is 23.9. The number of amides is 3. The number of nitrogens with one attached hydrogen (secondary N) is 3. The molecule has 4 unspecified atom stereocenters. The van der Waals surface area contributed by atoms with E-state index in [1.54, 1.807) is 33.0 Å². The first kappa shape index (κ1) is 28.5. The van der Waals surface area contributed by atoms with Crippen LogP contribution in [0.25, 0.3) is 21.8 Å². The molecule has 1 aromatic heterocycles. The van der Waals surface area contributed by atoms with E-state index in [9.17, 15) is 14.4 Å². The number of H-pyrrole nitrogens is 1. The molecule has 39 heavy (non-hydrogen) atoms. The maximum absolute atomic E-state index is 12.4. The van der Waals surface area contributed by atoms with E-state index in [1.165, 1.54) is 4.90 Å². The van der Waals surface area contributed by atoms with Crippen molar-refractivity contribution in [2.75, 3.05) is 6.54 Å². The van der Waals surface area contributed by atoms with Crippen molar-refractivity contribution < 1.29 is 32.9 Å². The predicted molar refractivity (Wildman–Crippen MR) is 147 cm³/mol. The van der Waals surface area contributed by atoms with Crippen LogP contribution in [0.15, 0.2) is 54.7 Å². The van der Waals surface area contributed by atoms with Gasteiger partial charge in [0, 0.05) is 34.8 Å². The molecule has 4 rings (SSSR count). The van der Waals surface area contributed by atoms with Gasteiger partial charge in [0.15, 0.2) is 6.29 Å². The number of allylic oxidation sites excluding steroid dienone is 1. The SMILES string of the molecule is C/C=C\N(C(=O)NC=O)C1OC(OP(NCC(=O)OC(C)C)Oc2cccc3[nH]c4ccccc4c23)CC1C. The second-order valence-corrected chi connectivity index (χ2v) is 10.5. The standard InChI is InChI=1S/C27H33N4O7P/c1-5-13-31(27(34)28-16-32)26-18(4)14-24(36-26)38-39(29-15-23(33)35-17(2)3)37-22-12-8-11-21-25(22)19-9-6-7-10-20(19)30-21/h5-13,16-18,24,26,29-30H,14-15H2,1-4H3,(H,28,32,34)/b13-5-. The van der Waals surface area contributed by atoms with Crippen molar-refractivity contribution in [3.8, 4) is 5.75 Å². The molecular weight excluding hydrogens is 523 g/mol. The number of hydrogen-bond acceptors (Lipinski definition) is 8. The monoisotopic (exact) mass is 556 g/mol. The van der Waals surface area contributed by atoms with E-state index < -0.39 is 33.0 Å². The van der Waals surface area contributed by atoms with Crippen LogP contribution in [-0.4, -0.2) is 53.5 Å². The first-order valence-corrected chi connectivity index (χ1v) is 13.9. The van der Waals surface area contributed by atoms with Gasteiger partial charge in [-0.05, 0) is 39.0 Å². The van der Waals surface area contributed by atoms with E-state index in [-0.39, 0.29) is 18.6 Å². The van der Waals surface area contributed by atoms with Crippen LogP contribution in [0.2, 0.25) is 0 Å². The number of urea groups is 1. The average molecular weight is 557 g/mol. The summed E-state index contributed by atoms with van der Waals surface area (Å²) in [5.41, 5.74) is 1.87. The van der Waals surface area contributed by atoms with E-state index in [1.807, 2.05) is 49.4 Å². The van der Waals surface area contributed by atoms with E-state index in [0.717, 1.165) is 21.8 Å². The first-order chi connectivity index (χ1) is 18.8. The van der Waals surface area contributed by atoms with Gasteiger partial charge < -0.3 is 19.0 Å². The summed E-state index contributed by atoms with van der Waals surface area (Å²) in [5.74, 6) is 0.00562. The Kier molecular flexibility index (Phi) is 9.53. The molecule has 3 aromatic rings. The highest BCUT2D eigenvalue weighted by Gasteiger charge is 2.40. The molecule has 0 aliphatic carbocycles. The summed E-state index contributed by atoms with van der Waals surface area (Å²) in [7, 11) is -1.89. The zero-order valence-corrected chi connectivity index (χ0v) is 23.1. The molecule has 3 amide bonds. The van der Waals surface area contributed by atoms with Gasteiger partial charge in [-0.25, -0.2) is 9.88 Å². The van der Waals surface area contributed by atoms with E-state index in [2.05, 4.69) is 15.4 Å². The molecule has 1 aliphatic heterocycles. The lowest BCUT2D eigenvalue weighted by molar-refractivity contribution is -0.146. The Hall–Kier alpha value is -3.50. The molecule has 2 heterocycles. The highest BCUT2D eigenvalue weighted by Crippen LogP contribution is 2.44. The van der Waals surface area contributed by atoms with Crippen LogP contribution in [-0.2, 0) is 23.6 Å². The summed E-state index contributed by atoms with van der Waals surface area (Å²) in [6, 6.07) is 13.0. The minimum Gasteiger partial charge on any atom is -0.462 e. The number of benzene rings is 2. The molecule has 11 nitrogen and oxygen atoms in total. The van der Waals surface area contributed by atoms with Crippen LogP contribution in [0.4, 0.5) is 4.79 Å². The molecule has 208 valence electrons. The molecule has 1 fully saturated rings. The number of fused-ring (bicyclic) bond motifs is 3. The number of esters is 1. The largest absolute Gasteiger partial charge is 0.462 e. The van der Waals surface area contributed by atoms with E-state index in [0.29, 0.717) is 18.6 Å².